The number of carbonyl (C=O) groups excluding carboxylic acids is 1. The van der Waals surface area contributed by atoms with E-state index in [0.29, 0.717) is 38.2 Å². The second kappa shape index (κ2) is 14.5. The van der Waals surface area contributed by atoms with Gasteiger partial charge in [-0.05, 0) is 55.4 Å². The van der Waals surface area contributed by atoms with E-state index in [2.05, 4.69) is 19.9 Å². The van der Waals surface area contributed by atoms with Crippen molar-refractivity contribution >= 4 is 22.9 Å². The largest absolute Gasteiger partial charge is 0.467 e. The van der Waals surface area contributed by atoms with Crippen LogP contribution in [0.25, 0.3) is 22.0 Å². The van der Waals surface area contributed by atoms with E-state index in [0.717, 1.165) is 52.6 Å². The first kappa shape index (κ1) is 31.9. The van der Waals surface area contributed by atoms with Crippen LogP contribution in [0.15, 0.2) is 54.9 Å². The predicted molar refractivity (Wildman–Crippen MR) is 169 cm³/mol. The quantitative estimate of drug-likeness (QED) is 0.200. The fourth-order valence-electron chi connectivity index (χ4n) is 6.48. The standard InChI is InChI=1S/C34H40FN5O5/c1-22-28-8-4-9-29(35)32(28)40(15-6-16-44-2)31(22)25-7-5-14-39(21-25)30(41)18-27(38-34(42)43)17-23-10-12-24(13-11-23)26-19-36-33(45-3)37-20-26/h4,8-13,19-20,25,27,38H,5-7,14-18,21H2,1-3H3,(H,42,43)/t25?,27-/m1/s1. The summed E-state index contributed by atoms with van der Waals surface area (Å²) in [5, 5.41) is 13.0. The summed E-state index contributed by atoms with van der Waals surface area (Å²) in [5.41, 5.74) is 5.33. The van der Waals surface area contributed by atoms with Crippen LogP contribution in [-0.4, -0.2) is 76.5 Å². The highest BCUT2D eigenvalue weighted by Crippen LogP contribution is 2.37. The Kier molecular flexibility index (Phi) is 10.3. The average Bonchev–Trinajstić information content (AvgIpc) is 3.33. The van der Waals surface area contributed by atoms with Crippen LogP contribution in [0.2, 0.25) is 0 Å². The van der Waals surface area contributed by atoms with Crippen LogP contribution in [-0.2, 0) is 22.5 Å². The summed E-state index contributed by atoms with van der Waals surface area (Å²) in [6.45, 7) is 4.32. The van der Waals surface area contributed by atoms with Crippen LogP contribution < -0.4 is 10.1 Å². The van der Waals surface area contributed by atoms with Crippen molar-refractivity contribution in [2.45, 2.75) is 57.5 Å². The van der Waals surface area contributed by atoms with Crippen LogP contribution in [0.1, 0.15) is 48.4 Å². The summed E-state index contributed by atoms with van der Waals surface area (Å²) < 4.78 is 27.5. The zero-order valence-electron chi connectivity index (χ0n) is 26.0. The molecule has 2 atom stereocenters. The van der Waals surface area contributed by atoms with E-state index in [1.165, 1.54) is 13.2 Å². The smallest absolute Gasteiger partial charge is 0.404 e. The molecule has 11 heteroatoms. The number of ether oxygens (including phenoxy) is 2. The van der Waals surface area contributed by atoms with Gasteiger partial charge in [-0.2, -0.15) is 0 Å². The summed E-state index contributed by atoms with van der Waals surface area (Å²) in [4.78, 5) is 35.4. The van der Waals surface area contributed by atoms with Crippen molar-refractivity contribution in [3.05, 3.63) is 77.5 Å². The minimum Gasteiger partial charge on any atom is -0.467 e. The molecule has 1 fully saturated rings. The molecule has 2 aromatic heterocycles. The molecule has 3 heterocycles. The molecule has 1 saturated heterocycles. The van der Waals surface area contributed by atoms with Crippen LogP contribution >= 0.6 is 0 Å². The first-order valence-corrected chi connectivity index (χ1v) is 15.3. The highest BCUT2D eigenvalue weighted by molar-refractivity contribution is 5.86. The molecule has 2 amide bonds. The number of rotatable bonds is 12. The Bertz CT molecular complexity index is 1620. The Morgan fingerprint density at radius 3 is 2.56 bits per heavy atom. The van der Waals surface area contributed by atoms with Crippen molar-refractivity contribution in [2.75, 3.05) is 33.9 Å². The Morgan fingerprint density at radius 1 is 1.11 bits per heavy atom. The third kappa shape index (κ3) is 7.42. The van der Waals surface area contributed by atoms with E-state index in [-0.39, 0.29) is 30.1 Å². The fraction of sp³-hybridized carbons (Fsp3) is 0.412. The number of fused-ring (bicyclic) bond motifs is 1. The maximum Gasteiger partial charge on any atom is 0.404 e. The minimum absolute atomic E-state index is 0.0392. The number of aryl methyl sites for hydroxylation is 2. The van der Waals surface area contributed by atoms with E-state index in [1.54, 1.807) is 25.6 Å². The molecule has 0 bridgehead atoms. The molecule has 238 valence electrons. The van der Waals surface area contributed by atoms with Gasteiger partial charge in [0.15, 0.2) is 0 Å². The summed E-state index contributed by atoms with van der Waals surface area (Å²) >= 11 is 0. The summed E-state index contributed by atoms with van der Waals surface area (Å²) in [5.74, 6) is -0.315. The van der Waals surface area contributed by atoms with Crippen molar-refractivity contribution in [3.8, 4) is 17.1 Å². The lowest BCUT2D eigenvalue weighted by molar-refractivity contribution is -0.132. The molecule has 0 aliphatic carbocycles. The molecule has 1 unspecified atom stereocenters. The number of halogens is 1. The molecule has 0 spiro atoms. The number of nitrogens with one attached hydrogen (secondary N) is 1. The van der Waals surface area contributed by atoms with Gasteiger partial charge in [0.1, 0.15) is 5.82 Å². The Hall–Kier alpha value is -4.51. The maximum atomic E-state index is 15.1. The summed E-state index contributed by atoms with van der Waals surface area (Å²) in [6.07, 6.45) is 5.02. The van der Waals surface area contributed by atoms with Gasteiger partial charge in [0.2, 0.25) is 5.91 Å². The highest BCUT2D eigenvalue weighted by Gasteiger charge is 2.31. The van der Waals surface area contributed by atoms with Crippen LogP contribution in [0.5, 0.6) is 6.01 Å². The number of hydrogen-bond acceptors (Lipinski definition) is 6. The van der Waals surface area contributed by atoms with E-state index in [9.17, 15) is 14.7 Å². The molecule has 5 rings (SSSR count). The number of carbonyl (C=O) groups is 2. The first-order valence-electron chi connectivity index (χ1n) is 15.3. The minimum atomic E-state index is -1.17. The van der Waals surface area contributed by atoms with Gasteiger partial charge in [-0.25, -0.2) is 19.2 Å². The van der Waals surface area contributed by atoms with Crippen molar-refractivity contribution in [3.63, 3.8) is 0 Å². The SMILES string of the molecule is COCCCn1c(C2CCCN(C(=O)C[C@@H](Cc3ccc(-c4cnc(OC)nc4)cc3)NC(=O)O)C2)c(C)c2cccc(F)c21. The van der Waals surface area contributed by atoms with E-state index in [4.69, 9.17) is 9.47 Å². The molecule has 10 nitrogen and oxygen atoms in total. The number of likely N-dealkylation sites (tertiary alicyclic amines) is 1. The van der Waals surface area contributed by atoms with Gasteiger partial charge in [-0.3, -0.25) is 4.79 Å². The molecule has 1 aliphatic heterocycles. The second-order valence-electron chi connectivity index (χ2n) is 11.5. The van der Waals surface area contributed by atoms with Crippen LogP contribution in [0.4, 0.5) is 9.18 Å². The Balaban J connectivity index is 1.30. The van der Waals surface area contributed by atoms with Crippen molar-refractivity contribution in [1.29, 1.82) is 0 Å². The van der Waals surface area contributed by atoms with Gasteiger partial charge in [-0.1, -0.05) is 36.4 Å². The number of hydrogen-bond donors (Lipinski definition) is 2. The third-order valence-corrected chi connectivity index (χ3v) is 8.56. The van der Waals surface area contributed by atoms with Gasteiger partial charge < -0.3 is 29.4 Å². The van der Waals surface area contributed by atoms with Crippen molar-refractivity contribution < 1.29 is 28.6 Å². The number of carboxylic acid groups (broad SMARTS) is 1. The number of methoxy groups -OCH3 is 2. The molecule has 4 aromatic rings. The number of aromatic nitrogens is 3. The molecule has 2 N–H and O–H groups in total. The van der Waals surface area contributed by atoms with Gasteiger partial charge in [0.25, 0.3) is 0 Å². The monoisotopic (exact) mass is 617 g/mol. The molecule has 0 radical (unpaired) electrons. The number of amides is 2. The van der Waals surface area contributed by atoms with Gasteiger partial charge in [0.05, 0.1) is 12.6 Å². The lowest BCUT2D eigenvalue weighted by Gasteiger charge is -2.35. The molecular weight excluding hydrogens is 577 g/mol. The molecular formula is C34H40FN5O5. The summed E-state index contributed by atoms with van der Waals surface area (Å²) in [6, 6.07) is 12.6. The average molecular weight is 618 g/mol. The fourth-order valence-corrected chi connectivity index (χ4v) is 6.48. The molecule has 2 aromatic carbocycles. The van der Waals surface area contributed by atoms with Gasteiger partial charge in [0, 0.05) is 80.8 Å². The van der Waals surface area contributed by atoms with E-state index in [1.807, 2.05) is 42.2 Å². The molecule has 45 heavy (non-hydrogen) atoms. The zero-order chi connectivity index (χ0) is 31.9. The number of nitrogens with zero attached hydrogens (tertiary/aromatic N) is 4. The number of benzene rings is 2. The maximum absolute atomic E-state index is 15.1. The number of para-hydroxylation sites is 1. The third-order valence-electron chi connectivity index (χ3n) is 8.56. The van der Waals surface area contributed by atoms with Gasteiger partial charge >= 0.3 is 12.1 Å². The predicted octanol–water partition coefficient (Wildman–Crippen LogP) is 5.57. The summed E-state index contributed by atoms with van der Waals surface area (Å²) in [7, 11) is 3.17. The van der Waals surface area contributed by atoms with Crippen LogP contribution in [0, 0.1) is 12.7 Å². The van der Waals surface area contributed by atoms with Crippen molar-refractivity contribution in [2.24, 2.45) is 0 Å². The Labute approximate surface area is 262 Å². The van der Waals surface area contributed by atoms with Crippen LogP contribution in [0.3, 0.4) is 0 Å². The van der Waals surface area contributed by atoms with E-state index >= 15 is 4.39 Å². The molecule has 0 saturated carbocycles. The first-order chi connectivity index (χ1) is 21.8. The highest BCUT2D eigenvalue weighted by atomic mass is 19.1. The Morgan fingerprint density at radius 2 is 1.87 bits per heavy atom. The van der Waals surface area contributed by atoms with E-state index < -0.39 is 12.1 Å². The lowest BCUT2D eigenvalue weighted by atomic mass is 9.91. The number of piperidine rings is 1. The normalized spacial score (nSPS) is 15.6. The molecule has 1 aliphatic rings. The lowest BCUT2D eigenvalue weighted by Crippen LogP contribution is -2.44. The second-order valence-corrected chi connectivity index (χ2v) is 11.5. The topological polar surface area (TPSA) is 119 Å². The van der Waals surface area contributed by atoms with Crippen molar-refractivity contribution in [1.82, 2.24) is 24.8 Å². The zero-order valence-corrected chi connectivity index (χ0v) is 26.0. The van der Waals surface area contributed by atoms with Gasteiger partial charge in [-0.15, -0.1) is 0 Å².